The summed E-state index contributed by atoms with van der Waals surface area (Å²) in [5.74, 6) is 1.43. The van der Waals surface area contributed by atoms with Crippen LogP contribution in [0.15, 0.2) is 18.3 Å². The SMILES string of the molecule is Cc1nn(C)cc1CNc1cc2c(cc1Cl)OCCO2. The summed E-state index contributed by atoms with van der Waals surface area (Å²) in [5, 5.41) is 8.25. The lowest BCUT2D eigenvalue weighted by atomic mass is 10.2. The molecule has 1 aliphatic heterocycles. The van der Waals surface area contributed by atoms with E-state index in [1.807, 2.05) is 26.2 Å². The number of benzene rings is 1. The molecule has 1 N–H and O–H groups in total. The number of fused-ring (bicyclic) bond motifs is 1. The monoisotopic (exact) mass is 293 g/mol. The predicted octanol–water partition coefficient (Wildman–Crippen LogP) is 2.77. The number of aryl methyl sites for hydroxylation is 2. The Bertz CT molecular complexity index is 640. The molecule has 0 fully saturated rings. The first-order valence-corrected chi connectivity index (χ1v) is 6.83. The highest BCUT2D eigenvalue weighted by Gasteiger charge is 2.15. The summed E-state index contributed by atoms with van der Waals surface area (Å²) in [6, 6.07) is 3.66. The highest BCUT2D eigenvalue weighted by atomic mass is 35.5. The van der Waals surface area contributed by atoms with Crippen molar-refractivity contribution in [1.82, 2.24) is 9.78 Å². The van der Waals surface area contributed by atoms with Crippen molar-refractivity contribution in [3.05, 3.63) is 34.6 Å². The second kappa shape index (κ2) is 5.25. The van der Waals surface area contributed by atoms with Crippen molar-refractivity contribution in [3.8, 4) is 11.5 Å². The Morgan fingerprint density at radius 1 is 1.30 bits per heavy atom. The number of rotatable bonds is 3. The van der Waals surface area contributed by atoms with E-state index >= 15 is 0 Å². The van der Waals surface area contributed by atoms with E-state index in [2.05, 4.69) is 10.4 Å². The van der Waals surface area contributed by atoms with Gasteiger partial charge in [-0.1, -0.05) is 11.6 Å². The van der Waals surface area contributed by atoms with E-state index in [9.17, 15) is 0 Å². The first-order valence-electron chi connectivity index (χ1n) is 6.45. The van der Waals surface area contributed by atoms with Crippen molar-refractivity contribution in [2.24, 2.45) is 7.05 Å². The van der Waals surface area contributed by atoms with Crippen molar-refractivity contribution in [3.63, 3.8) is 0 Å². The minimum absolute atomic E-state index is 0.560. The number of halogens is 1. The van der Waals surface area contributed by atoms with Crippen LogP contribution in [0, 0.1) is 6.92 Å². The summed E-state index contributed by atoms with van der Waals surface area (Å²) >= 11 is 6.25. The normalized spacial score (nSPS) is 13.3. The maximum absolute atomic E-state index is 6.25. The maximum atomic E-state index is 6.25. The van der Waals surface area contributed by atoms with Gasteiger partial charge in [-0.3, -0.25) is 4.68 Å². The van der Waals surface area contributed by atoms with Gasteiger partial charge in [-0.15, -0.1) is 0 Å². The van der Waals surface area contributed by atoms with Crippen LogP contribution in [-0.4, -0.2) is 23.0 Å². The molecule has 1 aromatic carbocycles. The minimum Gasteiger partial charge on any atom is -0.486 e. The number of hydrogen-bond acceptors (Lipinski definition) is 4. The van der Waals surface area contributed by atoms with Gasteiger partial charge in [0, 0.05) is 37.5 Å². The molecule has 0 bridgehead atoms. The Labute approximate surface area is 122 Å². The Hall–Kier alpha value is -1.88. The molecular weight excluding hydrogens is 278 g/mol. The summed E-state index contributed by atoms with van der Waals surface area (Å²) < 4.78 is 12.9. The second-order valence-corrected chi connectivity index (χ2v) is 5.15. The van der Waals surface area contributed by atoms with Crippen LogP contribution in [0.25, 0.3) is 0 Å². The highest BCUT2D eigenvalue weighted by Crippen LogP contribution is 2.38. The average Bonchev–Trinajstić information content (AvgIpc) is 2.74. The molecule has 0 amide bonds. The standard InChI is InChI=1S/C14H16ClN3O2/c1-9-10(8-18(2)17-9)7-16-12-6-14-13(5-11(12)15)19-3-4-20-14/h5-6,8,16H,3-4,7H2,1-2H3. The van der Waals surface area contributed by atoms with Crippen molar-refractivity contribution in [2.45, 2.75) is 13.5 Å². The van der Waals surface area contributed by atoms with Crippen LogP contribution >= 0.6 is 11.6 Å². The molecule has 0 unspecified atom stereocenters. The Kier molecular flexibility index (Phi) is 3.44. The van der Waals surface area contributed by atoms with Gasteiger partial charge in [0.25, 0.3) is 0 Å². The van der Waals surface area contributed by atoms with Crippen LogP contribution in [0.4, 0.5) is 5.69 Å². The fourth-order valence-electron chi connectivity index (χ4n) is 2.21. The van der Waals surface area contributed by atoms with E-state index in [1.54, 1.807) is 10.7 Å². The fourth-order valence-corrected chi connectivity index (χ4v) is 2.43. The van der Waals surface area contributed by atoms with E-state index in [0.717, 1.165) is 22.7 Å². The topological polar surface area (TPSA) is 48.3 Å². The summed E-state index contributed by atoms with van der Waals surface area (Å²) in [6.45, 7) is 3.78. The third kappa shape index (κ3) is 2.54. The van der Waals surface area contributed by atoms with Crippen LogP contribution in [-0.2, 0) is 13.6 Å². The molecule has 0 spiro atoms. The predicted molar refractivity (Wildman–Crippen MR) is 77.7 cm³/mol. The number of ether oxygens (including phenoxy) is 2. The zero-order valence-corrected chi connectivity index (χ0v) is 12.2. The average molecular weight is 294 g/mol. The summed E-state index contributed by atoms with van der Waals surface area (Å²) in [6.07, 6.45) is 1.99. The number of anilines is 1. The zero-order valence-electron chi connectivity index (χ0n) is 11.4. The van der Waals surface area contributed by atoms with Gasteiger partial charge < -0.3 is 14.8 Å². The number of nitrogens with zero attached hydrogens (tertiary/aromatic N) is 2. The largest absolute Gasteiger partial charge is 0.486 e. The van der Waals surface area contributed by atoms with Gasteiger partial charge >= 0.3 is 0 Å². The van der Waals surface area contributed by atoms with E-state index in [1.165, 1.54) is 0 Å². The summed E-state index contributed by atoms with van der Waals surface area (Å²) in [5.41, 5.74) is 2.98. The van der Waals surface area contributed by atoms with Crippen molar-refractivity contribution >= 4 is 17.3 Å². The number of nitrogens with one attached hydrogen (secondary N) is 1. The third-order valence-corrected chi connectivity index (χ3v) is 3.53. The molecular formula is C14H16ClN3O2. The smallest absolute Gasteiger partial charge is 0.163 e. The molecule has 6 heteroatoms. The van der Waals surface area contributed by atoms with Gasteiger partial charge in [-0.05, 0) is 6.92 Å². The summed E-state index contributed by atoms with van der Waals surface area (Å²) in [4.78, 5) is 0. The van der Waals surface area contributed by atoms with E-state index in [-0.39, 0.29) is 0 Å². The lowest BCUT2D eigenvalue weighted by molar-refractivity contribution is 0.171. The van der Waals surface area contributed by atoms with Crippen LogP contribution < -0.4 is 14.8 Å². The van der Waals surface area contributed by atoms with Gasteiger partial charge in [-0.2, -0.15) is 5.10 Å². The van der Waals surface area contributed by atoms with Gasteiger partial charge in [0.15, 0.2) is 11.5 Å². The van der Waals surface area contributed by atoms with E-state index in [4.69, 9.17) is 21.1 Å². The molecule has 0 saturated heterocycles. The Morgan fingerprint density at radius 2 is 2.00 bits per heavy atom. The Balaban J connectivity index is 1.79. The molecule has 1 aromatic heterocycles. The van der Waals surface area contributed by atoms with Crippen LogP contribution in [0.3, 0.4) is 0 Å². The molecule has 1 aliphatic rings. The molecule has 0 saturated carbocycles. The third-order valence-electron chi connectivity index (χ3n) is 3.22. The lowest BCUT2D eigenvalue weighted by Gasteiger charge is -2.20. The van der Waals surface area contributed by atoms with Gasteiger partial charge in [0.1, 0.15) is 13.2 Å². The van der Waals surface area contributed by atoms with Gasteiger partial charge in [0.2, 0.25) is 0 Å². The second-order valence-electron chi connectivity index (χ2n) is 4.74. The van der Waals surface area contributed by atoms with Gasteiger partial charge in [-0.25, -0.2) is 0 Å². The molecule has 2 aromatic rings. The first kappa shape index (κ1) is 13.1. The van der Waals surface area contributed by atoms with E-state index in [0.29, 0.717) is 30.5 Å². The molecule has 0 atom stereocenters. The fraction of sp³-hybridized carbons (Fsp3) is 0.357. The number of hydrogen-bond donors (Lipinski definition) is 1. The maximum Gasteiger partial charge on any atom is 0.163 e. The Morgan fingerprint density at radius 3 is 2.65 bits per heavy atom. The van der Waals surface area contributed by atoms with E-state index < -0.39 is 0 Å². The molecule has 3 rings (SSSR count). The summed E-state index contributed by atoms with van der Waals surface area (Å²) in [7, 11) is 1.91. The molecule has 5 nitrogen and oxygen atoms in total. The minimum atomic E-state index is 0.560. The lowest BCUT2D eigenvalue weighted by Crippen LogP contribution is -2.15. The van der Waals surface area contributed by atoms with Crippen LogP contribution in [0.2, 0.25) is 5.02 Å². The van der Waals surface area contributed by atoms with Crippen molar-refractivity contribution < 1.29 is 9.47 Å². The molecule has 20 heavy (non-hydrogen) atoms. The zero-order chi connectivity index (χ0) is 14.1. The molecule has 0 radical (unpaired) electrons. The highest BCUT2D eigenvalue weighted by molar-refractivity contribution is 6.33. The van der Waals surface area contributed by atoms with Crippen LogP contribution in [0.1, 0.15) is 11.3 Å². The van der Waals surface area contributed by atoms with Gasteiger partial charge in [0.05, 0.1) is 16.4 Å². The molecule has 2 heterocycles. The van der Waals surface area contributed by atoms with Crippen molar-refractivity contribution in [1.29, 1.82) is 0 Å². The van der Waals surface area contributed by atoms with Crippen molar-refractivity contribution in [2.75, 3.05) is 18.5 Å². The first-order chi connectivity index (χ1) is 9.63. The van der Waals surface area contributed by atoms with Crippen LogP contribution in [0.5, 0.6) is 11.5 Å². The molecule has 0 aliphatic carbocycles. The number of aromatic nitrogens is 2. The quantitative estimate of drug-likeness (QED) is 0.945. The molecule has 106 valence electrons.